The van der Waals surface area contributed by atoms with E-state index in [1.165, 1.54) is 16.7 Å². The van der Waals surface area contributed by atoms with Crippen molar-refractivity contribution < 1.29 is 4.79 Å². The fraction of sp³-hybridized carbons (Fsp3) is 0.316. The zero-order valence-corrected chi connectivity index (χ0v) is 12.3. The van der Waals surface area contributed by atoms with Gasteiger partial charge >= 0.3 is 0 Å². The predicted octanol–water partition coefficient (Wildman–Crippen LogP) is 3.91. The molecule has 0 spiro atoms. The largest absolute Gasteiger partial charge is 0.343 e. The van der Waals surface area contributed by atoms with E-state index in [4.69, 9.17) is 0 Å². The van der Waals surface area contributed by atoms with E-state index in [1.54, 1.807) is 0 Å². The number of carbonyl (C=O) groups excluding carboxylic acids is 1. The summed E-state index contributed by atoms with van der Waals surface area (Å²) in [5.41, 5.74) is 3.70. The summed E-state index contributed by atoms with van der Waals surface area (Å²) in [6, 6.07) is 18.9. The van der Waals surface area contributed by atoms with Gasteiger partial charge in [-0.25, -0.2) is 0 Å². The van der Waals surface area contributed by atoms with Crippen LogP contribution in [0.1, 0.15) is 24.8 Å². The molecule has 108 valence electrons. The number of rotatable bonds is 4. The second-order valence-corrected chi connectivity index (χ2v) is 5.65. The number of hydrogen-bond acceptors (Lipinski definition) is 1. The Morgan fingerprint density at radius 2 is 1.48 bits per heavy atom. The van der Waals surface area contributed by atoms with Crippen molar-refractivity contribution in [1.82, 2.24) is 4.90 Å². The molecule has 1 saturated heterocycles. The molecule has 0 aromatic heterocycles. The van der Waals surface area contributed by atoms with Crippen LogP contribution >= 0.6 is 0 Å². The van der Waals surface area contributed by atoms with Gasteiger partial charge in [0.2, 0.25) is 5.91 Å². The van der Waals surface area contributed by atoms with Crippen LogP contribution in [0.4, 0.5) is 0 Å². The maximum absolute atomic E-state index is 12.0. The lowest BCUT2D eigenvalue weighted by atomic mass is 10.0. The predicted molar refractivity (Wildman–Crippen MR) is 86.0 cm³/mol. The Labute approximate surface area is 126 Å². The third-order valence-corrected chi connectivity index (χ3v) is 4.15. The van der Waals surface area contributed by atoms with Gasteiger partial charge < -0.3 is 4.90 Å². The van der Waals surface area contributed by atoms with Crippen LogP contribution in [0, 0.1) is 0 Å². The summed E-state index contributed by atoms with van der Waals surface area (Å²) in [6.07, 6.45) is 3.80. The Hall–Kier alpha value is -2.09. The van der Waals surface area contributed by atoms with Crippen molar-refractivity contribution in [1.29, 1.82) is 0 Å². The van der Waals surface area contributed by atoms with Gasteiger partial charge in [-0.2, -0.15) is 0 Å². The number of hydrogen-bond donors (Lipinski definition) is 0. The fourth-order valence-electron chi connectivity index (χ4n) is 2.87. The molecule has 1 fully saturated rings. The highest BCUT2D eigenvalue weighted by atomic mass is 16.2. The van der Waals surface area contributed by atoms with E-state index in [-0.39, 0.29) is 0 Å². The minimum absolute atomic E-state index is 0.305. The standard InChI is InChI=1S/C19H21NO/c21-19(20-14-4-5-15-20)13-10-16-8-11-18(12-9-16)17-6-2-1-3-7-17/h1-3,6-9,11-12H,4-5,10,13-15H2. The number of nitrogens with zero attached hydrogens (tertiary/aromatic N) is 1. The van der Waals surface area contributed by atoms with Gasteiger partial charge in [0.15, 0.2) is 0 Å². The lowest BCUT2D eigenvalue weighted by molar-refractivity contribution is -0.130. The van der Waals surface area contributed by atoms with Crippen molar-refractivity contribution in [2.24, 2.45) is 0 Å². The highest BCUT2D eigenvalue weighted by molar-refractivity contribution is 5.76. The molecule has 1 aliphatic heterocycles. The molecule has 2 aromatic carbocycles. The smallest absolute Gasteiger partial charge is 0.222 e. The summed E-state index contributed by atoms with van der Waals surface area (Å²) in [7, 11) is 0. The van der Waals surface area contributed by atoms with E-state index < -0.39 is 0 Å². The fourth-order valence-corrected chi connectivity index (χ4v) is 2.87. The average molecular weight is 279 g/mol. The molecular formula is C19H21NO. The maximum Gasteiger partial charge on any atom is 0.222 e. The van der Waals surface area contributed by atoms with E-state index in [9.17, 15) is 4.79 Å². The molecular weight excluding hydrogens is 258 g/mol. The first kappa shape index (κ1) is 13.9. The average Bonchev–Trinajstić information content (AvgIpc) is 3.08. The van der Waals surface area contributed by atoms with Gasteiger partial charge in [-0.3, -0.25) is 4.79 Å². The summed E-state index contributed by atoms with van der Waals surface area (Å²) >= 11 is 0. The molecule has 0 saturated carbocycles. The molecule has 0 atom stereocenters. The molecule has 21 heavy (non-hydrogen) atoms. The van der Waals surface area contributed by atoms with Crippen molar-refractivity contribution in [3.8, 4) is 11.1 Å². The molecule has 2 nitrogen and oxygen atoms in total. The Bertz CT molecular complexity index is 583. The van der Waals surface area contributed by atoms with Crippen LogP contribution in [0.3, 0.4) is 0 Å². The van der Waals surface area contributed by atoms with Crippen molar-refractivity contribution in [3.63, 3.8) is 0 Å². The molecule has 0 aliphatic carbocycles. The van der Waals surface area contributed by atoms with Crippen LogP contribution in [-0.4, -0.2) is 23.9 Å². The molecule has 0 radical (unpaired) electrons. The number of aryl methyl sites for hydroxylation is 1. The van der Waals surface area contributed by atoms with Gasteiger partial charge in [-0.1, -0.05) is 54.6 Å². The molecule has 1 amide bonds. The second-order valence-electron chi connectivity index (χ2n) is 5.65. The summed E-state index contributed by atoms with van der Waals surface area (Å²) in [4.78, 5) is 14.0. The molecule has 3 rings (SSSR count). The Kier molecular flexibility index (Phi) is 4.34. The van der Waals surface area contributed by atoms with E-state index in [0.29, 0.717) is 12.3 Å². The lowest BCUT2D eigenvalue weighted by Crippen LogP contribution is -2.27. The minimum atomic E-state index is 0.305. The highest BCUT2D eigenvalue weighted by Crippen LogP contribution is 2.20. The summed E-state index contributed by atoms with van der Waals surface area (Å²) in [5.74, 6) is 0.305. The first-order valence-corrected chi connectivity index (χ1v) is 7.75. The van der Waals surface area contributed by atoms with Crippen LogP contribution in [-0.2, 0) is 11.2 Å². The molecule has 2 heteroatoms. The molecule has 1 heterocycles. The highest BCUT2D eigenvalue weighted by Gasteiger charge is 2.17. The van der Waals surface area contributed by atoms with E-state index in [1.807, 2.05) is 11.0 Å². The zero-order chi connectivity index (χ0) is 14.5. The summed E-state index contributed by atoms with van der Waals surface area (Å²) in [6.45, 7) is 1.90. The van der Waals surface area contributed by atoms with Gasteiger partial charge in [0.25, 0.3) is 0 Å². The third-order valence-electron chi connectivity index (χ3n) is 4.15. The van der Waals surface area contributed by atoms with Crippen LogP contribution in [0.2, 0.25) is 0 Å². The number of benzene rings is 2. The number of carbonyl (C=O) groups is 1. The molecule has 0 N–H and O–H groups in total. The topological polar surface area (TPSA) is 20.3 Å². The van der Waals surface area contributed by atoms with Gasteiger partial charge in [0, 0.05) is 19.5 Å². The van der Waals surface area contributed by atoms with E-state index in [2.05, 4.69) is 48.5 Å². The van der Waals surface area contributed by atoms with Gasteiger partial charge in [-0.15, -0.1) is 0 Å². The van der Waals surface area contributed by atoms with E-state index in [0.717, 1.165) is 32.4 Å². The Balaban J connectivity index is 1.58. The van der Waals surface area contributed by atoms with Gasteiger partial charge in [-0.05, 0) is 36.0 Å². The quantitative estimate of drug-likeness (QED) is 0.831. The van der Waals surface area contributed by atoms with Crippen molar-refractivity contribution in [2.75, 3.05) is 13.1 Å². The van der Waals surface area contributed by atoms with Crippen LogP contribution in [0.25, 0.3) is 11.1 Å². The molecule has 2 aromatic rings. The van der Waals surface area contributed by atoms with Crippen molar-refractivity contribution >= 4 is 5.91 Å². The van der Waals surface area contributed by atoms with Crippen LogP contribution in [0.15, 0.2) is 54.6 Å². The Morgan fingerprint density at radius 3 is 2.14 bits per heavy atom. The molecule has 0 bridgehead atoms. The first-order chi connectivity index (χ1) is 10.3. The van der Waals surface area contributed by atoms with Gasteiger partial charge in [0.05, 0.1) is 0 Å². The first-order valence-electron chi connectivity index (χ1n) is 7.75. The third kappa shape index (κ3) is 3.52. The van der Waals surface area contributed by atoms with Crippen molar-refractivity contribution in [2.45, 2.75) is 25.7 Å². The monoisotopic (exact) mass is 279 g/mol. The second kappa shape index (κ2) is 6.57. The SMILES string of the molecule is O=C(CCc1ccc(-c2ccccc2)cc1)N1CCCC1. The van der Waals surface area contributed by atoms with Crippen molar-refractivity contribution in [3.05, 3.63) is 60.2 Å². The number of amides is 1. The Morgan fingerprint density at radius 1 is 0.857 bits per heavy atom. The normalized spacial score (nSPS) is 14.4. The van der Waals surface area contributed by atoms with Gasteiger partial charge in [0.1, 0.15) is 0 Å². The summed E-state index contributed by atoms with van der Waals surface area (Å²) < 4.78 is 0. The minimum Gasteiger partial charge on any atom is -0.343 e. The molecule has 1 aliphatic rings. The lowest BCUT2D eigenvalue weighted by Gasteiger charge is -2.14. The maximum atomic E-state index is 12.0. The van der Waals surface area contributed by atoms with Crippen LogP contribution < -0.4 is 0 Å². The number of likely N-dealkylation sites (tertiary alicyclic amines) is 1. The van der Waals surface area contributed by atoms with E-state index >= 15 is 0 Å². The molecule has 0 unspecified atom stereocenters. The summed E-state index contributed by atoms with van der Waals surface area (Å²) in [5, 5.41) is 0. The zero-order valence-electron chi connectivity index (χ0n) is 12.3. The van der Waals surface area contributed by atoms with Crippen LogP contribution in [0.5, 0.6) is 0 Å².